The maximum absolute atomic E-state index is 12.7. The quantitative estimate of drug-likeness (QED) is 0.685. The maximum atomic E-state index is 12.7. The van der Waals surface area contributed by atoms with Crippen LogP contribution in [0, 0.1) is 5.41 Å². The zero-order chi connectivity index (χ0) is 18.1. The van der Waals surface area contributed by atoms with Crippen molar-refractivity contribution in [3.05, 3.63) is 30.3 Å². The molecule has 0 bridgehead atoms. The van der Waals surface area contributed by atoms with Crippen LogP contribution >= 0.6 is 11.8 Å². The van der Waals surface area contributed by atoms with Crippen molar-refractivity contribution < 1.29 is 9.53 Å². The number of hydrogen-bond donors (Lipinski definition) is 0. The van der Waals surface area contributed by atoms with E-state index < -0.39 is 0 Å². The van der Waals surface area contributed by atoms with Crippen LogP contribution in [0.2, 0.25) is 0 Å². The minimum Gasteiger partial charge on any atom is -0.444 e. The second-order valence-electron chi connectivity index (χ2n) is 8.51. The second kappa shape index (κ2) is 7.22. The van der Waals surface area contributed by atoms with Crippen LogP contribution in [-0.4, -0.2) is 34.4 Å². The minimum absolute atomic E-state index is 0.0121. The van der Waals surface area contributed by atoms with Gasteiger partial charge in [-0.3, -0.25) is 0 Å². The third-order valence-electron chi connectivity index (χ3n) is 5.61. The van der Waals surface area contributed by atoms with Gasteiger partial charge in [0.25, 0.3) is 0 Å². The van der Waals surface area contributed by atoms with Crippen molar-refractivity contribution in [2.75, 3.05) is 6.54 Å². The molecule has 25 heavy (non-hydrogen) atoms. The molecule has 1 unspecified atom stereocenters. The van der Waals surface area contributed by atoms with Gasteiger partial charge >= 0.3 is 6.09 Å². The SMILES string of the molecule is CC(C)N1CC(C)(C)C(C2(Sc3ccccc3)CCCCC2)OC1=O. The zero-order valence-electron chi connectivity index (χ0n) is 16.0. The lowest BCUT2D eigenvalue weighted by Gasteiger charge is -2.53. The highest BCUT2D eigenvalue weighted by Gasteiger charge is 2.54. The highest BCUT2D eigenvalue weighted by atomic mass is 32.2. The van der Waals surface area contributed by atoms with Crippen LogP contribution in [0.5, 0.6) is 0 Å². The van der Waals surface area contributed by atoms with Gasteiger partial charge in [0.15, 0.2) is 0 Å². The molecule has 138 valence electrons. The number of benzene rings is 1. The van der Waals surface area contributed by atoms with Gasteiger partial charge in [0.1, 0.15) is 6.10 Å². The van der Waals surface area contributed by atoms with Crippen molar-refractivity contribution in [3.63, 3.8) is 0 Å². The van der Waals surface area contributed by atoms with Crippen molar-refractivity contribution in [1.82, 2.24) is 4.90 Å². The number of nitrogens with zero attached hydrogens (tertiary/aromatic N) is 1. The molecule has 0 N–H and O–H groups in total. The predicted octanol–water partition coefficient (Wildman–Crippen LogP) is 5.74. The Bertz CT molecular complexity index is 593. The number of rotatable bonds is 4. The fourth-order valence-electron chi connectivity index (χ4n) is 4.42. The third-order valence-corrected chi connectivity index (χ3v) is 7.14. The molecule has 1 aliphatic carbocycles. The molecule has 1 amide bonds. The Morgan fingerprint density at radius 2 is 1.76 bits per heavy atom. The zero-order valence-corrected chi connectivity index (χ0v) is 16.8. The average molecular weight is 362 g/mol. The summed E-state index contributed by atoms with van der Waals surface area (Å²) in [6.45, 7) is 9.42. The Hall–Kier alpha value is -1.16. The summed E-state index contributed by atoms with van der Waals surface area (Å²) in [5.41, 5.74) is -0.0582. The predicted molar refractivity (Wildman–Crippen MR) is 104 cm³/mol. The molecule has 3 rings (SSSR count). The molecule has 0 spiro atoms. The smallest absolute Gasteiger partial charge is 0.410 e. The van der Waals surface area contributed by atoms with Crippen LogP contribution in [-0.2, 0) is 4.74 Å². The summed E-state index contributed by atoms with van der Waals surface area (Å²) >= 11 is 1.94. The first kappa shape index (κ1) is 18.6. The number of amides is 1. The second-order valence-corrected chi connectivity index (χ2v) is 10.0. The normalized spacial score (nSPS) is 25.7. The van der Waals surface area contributed by atoms with Crippen molar-refractivity contribution in [3.8, 4) is 0 Å². The van der Waals surface area contributed by atoms with Crippen LogP contribution in [0.4, 0.5) is 4.79 Å². The summed E-state index contributed by atoms with van der Waals surface area (Å²) in [5, 5.41) is 0. The Balaban J connectivity index is 1.91. The van der Waals surface area contributed by atoms with Gasteiger partial charge in [-0.15, -0.1) is 11.8 Å². The summed E-state index contributed by atoms with van der Waals surface area (Å²) in [6.07, 6.45) is 5.78. The third kappa shape index (κ3) is 3.84. The molecule has 1 aromatic carbocycles. The van der Waals surface area contributed by atoms with Gasteiger partial charge in [-0.1, -0.05) is 51.3 Å². The van der Waals surface area contributed by atoms with Crippen LogP contribution in [0.15, 0.2) is 35.2 Å². The first-order chi connectivity index (χ1) is 11.8. The Labute approximate surface area is 156 Å². The lowest BCUT2D eigenvalue weighted by atomic mass is 9.72. The van der Waals surface area contributed by atoms with E-state index in [2.05, 4.69) is 58.0 Å². The fraction of sp³-hybridized carbons (Fsp3) is 0.667. The van der Waals surface area contributed by atoms with Gasteiger partial charge in [-0.2, -0.15) is 0 Å². The van der Waals surface area contributed by atoms with Gasteiger partial charge in [-0.25, -0.2) is 4.79 Å². The van der Waals surface area contributed by atoms with Gasteiger partial charge in [0.05, 0.1) is 4.75 Å². The van der Waals surface area contributed by atoms with E-state index in [9.17, 15) is 4.79 Å². The molecule has 1 saturated carbocycles. The number of hydrogen-bond acceptors (Lipinski definition) is 3. The van der Waals surface area contributed by atoms with Crippen molar-refractivity contribution in [2.45, 2.75) is 81.6 Å². The molecule has 0 aromatic heterocycles. The highest BCUT2D eigenvalue weighted by molar-refractivity contribution is 8.00. The first-order valence-corrected chi connectivity index (χ1v) is 10.4. The largest absolute Gasteiger partial charge is 0.444 e. The summed E-state index contributed by atoms with van der Waals surface area (Å²) in [5.74, 6) is 0. The fourth-order valence-corrected chi connectivity index (χ4v) is 6.15. The molecule has 1 aliphatic heterocycles. The summed E-state index contributed by atoms with van der Waals surface area (Å²) in [6, 6.07) is 10.8. The molecule has 1 heterocycles. The van der Waals surface area contributed by atoms with E-state index in [-0.39, 0.29) is 28.4 Å². The number of thioether (sulfide) groups is 1. The van der Waals surface area contributed by atoms with Crippen LogP contribution in [0.1, 0.15) is 59.8 Å². The van der Waals surface area contributed by atoms with E-state index in [4.69, 9.17) is 4.74 Å². The van der Waals surface area contributed by atoms with E-state index in [1.54, 1.807) is 0 Å². The standard InChI is InChI=1S/C21H31NO2S/c1-16(2)22-15-20(3,4)18(24-19(22)23)21(13-9-6-10-14-21)25-17-11-7-5-8-12-17/h5,7-8,11-12,16,18H,6,9-10,13-15H2,1-4H3. The number of ether oxygens (including phenoxy) is 1. The van der Waals surface area contributed by atoms with Crippen molar-refractivity contribution in [1.29, 1.82) is 0 Å². The molecule has 1 saturated heterocycles. The Morgan fingerprint density at radius 3 is 2.36 bits per heavy atom. The van der Waals surface area contributed by atoms with Crippen LogP contribution < -0.4 is 0 Å². The average Bonchev–Trinajstić information content (AvgIpc) is 2.58. The molecule has 4 heteroatoms. The monoisotopic (exact) mass is 361 g/mol. The highest BCUT2D eigenvalue weighted by Crippen LogP contribution is 2.52. The molecule has 1 atom stereocenters. The first-order valence-electron chi connectivity index (χ1n) is 9.55. The lowest BCUT2D eigenvalue weighted by Crippen LogP contribution is -2.62. The van der Waals surface area contributed by atoms with Gasteiger partial charge in [0, 0.05) is 22.9 Å². The summed E-state index contributed by atoms with van der Waals surface area (Å²) < 4.78 is 6.14. The topological polar surface area (TPSA) is 29.5 Å². The lowest BCUT2D eigenvalue weighted by molar-refractivity contribution is -0.0800. The van der Waals surface area contributed by atoms with Crippen LogP contribution in [0.3, 0.4) is 0 Å². The van der Waals surface area contributed by atoms with Crippen molar-refractivity contribution in [2.24, 2.45) is 5.41 Å². The van der Waals surface area contributed by atoms with Gasteiger partial charge in [0.2, 0.25) is 0 Å². The molecule has 2 fully saturated rings. The van der Waals surface area contributed by atoms with E-state index in [1.807, 2.05) is 16.7 Å². The number of carbonyl (C=O) groups excluding carboxylic acids is 1. The number of carbonyl (C=O) groups is 1. The molecule has 2 aliphatic rings. The Kier molecular flexibility index (Phi) is 5.38. The van der Waals surface area contributed by atoms with E-state index >= 15 is 0 Å². The Morgan fingerprint density at radius 1 is 1.12 bits per heavy atom. The minimum atomic E-state index is -0.141. The number of cyclic esters (lactones) is 1. The van der Waals surface area contributed by atoms with Gasteiger partial charge < -0.3 is 9.64 Å². The molecule has 1 aromatic rings. The van der Waals surface area contributed by atoms with Crippen molar-refractivity contribution >= 4 is 17.9 Å². The van der Waals surface area contributed by atoms with Crippen LogP contribution in [0.25, 0.3) is 0 Å². The van der Waals surface area contributed by atoms with E-state index in [1.165, 1.54) is 24.2 Å². The van der Waals surface area contributed by atoms with E-state index in [0.717, 1.165) is 19.4 Å². The molecule has 3 nitrogen and oxygen atoms in total. The molecule has 0 radical (unpaired) electrons. The molecular formula is C21H31NO2S. The molecular weight excluding hydrogens is 330 g/mol. The maximum Gasteiger partial charge on any atom is 0.410 e. The van der Waals surface area contributed by atoms with E-state index in [0.29, 0.717) is 0 Å². The summed E-state index contributed by atoms with van der Waals surface area (Å²) in [7, 11) is 0. The summed E-state index contributed by atoms with van der Waals surface area (Å²) in [4.78, 5) is 15.8. The van der Waals surface area contributed by atoms with Gasteiger partial charge in [-0.05, 0) is 38.8 Å².